The van der Waals surface area contributed by atoms with Crippen LogP contribution in [0.5, 0.6) is 0 Å². The molecule has 0 aliphatic carbocycles. The molecule has 1 unspecified atom stereocenters. The molecule has 0 fully saturated rings. The largest absolute Gasteiger partial charge is 0.383 e. The van der Waals surface area contributed by atoms with Crippen molar-refractivity contribution in [1.29, 1.82) is 0 Å². The van der Waals surface area contributed by atoms with Gasteiger partial charge in [0.25, 0.3) is 0 Å². The van der Waals surface area contributed by atoms with Crippen molar-refractivity contribution in [3.63, 3.8) is 0 Å². The first-order chi connectivity index (χ1) is 10.0. The quantitative estimate of drug-likeness (QED) is 0.689. The van der Waals surface area contributed by atoms with Gasteiger partial charge in [0.2, 0.25) is 10.0 Å². The van der Waals surface area contributed by atoms with E-state index in [1.807, 2.05) is 38.2 Å². The number of ether oxygens (including phenoxy) is 1. The van der Waals surface area contributed by atoms with Crippen LogP contribution in [0.4, 0.5) is 0 Å². The molecular formula is C15H26N2O3S. The second-order valence-electron chi connectivity index (χ2n) is 5.17. The molecule has 0 bridgehead atoms. The zero-order valence-corrected chi connectivity index (χ0v) is 13.9. The molecule has 0 radical (unpaired) electrons. The first-order valence-corrected chi connectivity index (χ1v) is 8.87. The van der Waals surface area contributed by atoms with Crippen LogP contribution in [0.25, 0.3) is 0 Å². The first-order valence-electron chi connectivity index (χ1n) is 7.22. The van der Waals surface area contributed by atoms with Gasteiger partial charge in [0.05, 0.1) is 12.4 Å². The van der Waals surface area contributed by atoms with E-state index >= 15 is 0 Å². The van der Waals surface area contributed by atoms with Crippen LogP contribution in [0.2, 0.25) is 0 Å². The summed E-state index contributed by atoms with van der Waals surface area (Å²) in [6.07, 6.45) is 1.68. The molecule has 5 nitrogen and oxygen atoms in total. The molecule has 0 saturated carbocycles. The molecule has 1 aromatic carbocycles. The van der Waals surface area contributed by atoms with Crippen LogP contribution in [0.1, 0.15) is 30.9 Å². The molecule has 1 aromatic rings. The van der Waals surface area contributed by atoms with Gasteiger partial charge in [-0.15, -0.1) is 0 Å². The summed E-state index contributed by atoms with van der Waals surface area (Å²) < 4.78 is 32.3. The summed E-state index contributed by atoms with van der Waals surface area (Å²) in [4.78, 5) is 0. The fourth-order valence-corrected chi connectivity index (χ4v) is 3.67. The third kappa shape index (κ3) is 7.04. The normalized spacial score (nSPS) is 13.3. The van der Waals surface area contributed by atoms with Crippen molar-refractivity contribution in [1.82, 2.24) is 10.0 Å². The van der Waals surface area contributed by atoms with E-state index in [4.69, 9.17) is 4.74 Å². The highest BCUT2D eigenvalue weighted by Gasteiger charge is 2.18. The van der Waals surface area contributed by atoms with Crippen molar-refractivity contribution in [3.8, 4) is 0 Å². The first kappa shape index (κ1) is 18.1. The molecule has 0 aliphatic rings. The molecule has 0 heterocycles. The average molecular weight is 314 g/mol. The number of sulfonamides is 1. The molecular weight excluding hydrogens is 288 g/mol. The van der Waals surface area contributed by atoms with Gasteiger partial charge in [-0.3, -0.25) is 0 Å². The number of hydrogen-bond donors (Lipinski definition) is 2. The van der Waals surface area contributed by atoms with Crippen LogP contribution >= 0.6 is 0 Å². The molecule has 1 atom stereocenters. The lowest BCUT2D eigenvalue weighted by Crippen LogP contribution is -2.38. The van der Waals surface area contributed by atoms with Gasteiger partial charge < -0.3 is 10.1 Å². The highest BCUT2D eigenvalue weighted by atomic mass is 32.2. The molecule has 21 heavy (non-hydrogen) atoms. The monoisotopic (exact) mass is 314 g/mol. The predicted molar refractivity (Wildman–Crippen MR) is 85.5 cm³/mol. The minimum Gasteiger partial charge on any atom is -0.383 e. The van der Waals surface area contributed by atoms with Gasteiger partial charge in [0.1, 0.15) is 0 Å². The molecule has 6 heteroatoms. The minimum atomic E-state index is -3.36. The second-order valence-corrected chi connectivity index (χ2v) is 6.92. The average Bonchev–Trinajstić information content (AvgIpc) is 2.39. The van der Waals surface area contributed by atoms with Gasteiger partial charge in [-0.25, -0.2) is 13.1 Å². The highest BCUT2D eigenvalue weighted by Crippen LogP contribution is 2.10. The van der Waals surface area contributed by atoms with Crippen molar-refractivity contribution < 1.29 is 13.2 Å². The zero-order chi connectivity index (χ0) is 15.7. The Hall–Kier alpha value is -0.950. The second kappa shape index (κ2) is 9.15. The van der Waals surface area contributed by atoms with Gasteiger partial charge in [0, 0.05) is 19.7 Å². The molecule has 0 spiro atoms. The maximum Gasteiger partial charge on any atom is 0.216 e. The Balaban J connectivity index is 2.72. The summed E-state index contributed by atoms with van der Waals surface area (Å²) >= 11 is 0. The van der Waals surface area contributed by atoms with Gasteiger partial charge in [0.15, 0.2) is 0 Å². The molecule has 120 valence electrons. The summed E-state index contributed by atoms with van der Waals surface area (Å²) in [5.41, 5.74) is 1.87. The van der Waals surface area contributed by atoms with Crippen LogP contribution in [0, 0.1) is 0 Å². The van der Waals surface area contributed by atoms with Crippen molar-refractivity contribution >= 4 is 10.0 Å². The fraction of sp³-hybridized carbons (Fsp3) is 0.600. The van der Waals surface area contributed by atoms with E-state index in [9.17, 15) is 8.42 Å². The fourth-order valence-electron chi connectivity index (χ4n) is 2.27. The van der Waals surface area contributed by atoms with Gasteiger partial charge in [-0.1, -0.05) is 37.6 Å². The van der Waals surface area contributed by atoms with Crippen LogP contribution in [-0.4, -0.2) is 35.2 Å². The molecule has 0 aromatic heterocycles. The van der Waals surface area contributed by atoms with Crippen LogP contribution in [0.3, 0.4) is 0 Å². The number of hydrogen-bond acceptors (Lipinski definition) is 4. The van der Waals surface area contributed by atoms with Crippen molar-refractivity contribution in [2.24, 2.45) is 0 Å². The summed E-state index contributed by atoms with van der Waals surface area (Å²) in [5.74, 6) is -0.00547. The van der Waals surface area contributed by atoms with Crippen LogP contribution in [-0.2, 0) is 27.1 Å². The van der Waals surface area contributed by atoms with Gasteiger partial charge in [-0.2, -0.15) is 0 Å². The molecule has 0 amide bonds. The van der Waals surface area contributed by atoms with Gasteiger partial charge >= 0.3 is 0 Å². The van der Waals surface area contributed by atoms with Gasteiger partial charge in [-0.05, 0) is 24.6 Å². The minimum absolute atomic E-state index is 0.00547. The summed E-state index contributed by atoms with van der Waals surface area (Å²) in [7, 11) is 0.0873. The highest BCUT2D eigenvalue weighted by molar-refractivity contribution is 7.88. The van der Waals surface area contributed by atoms with Crippen molar-refractivity contribution in [2.75, 3.05) is 20.8 Å². The van der Waals surface area contributed by atoms with E-state index in [0.717, 1.165) is 30.5 Å². The summed E-state index contributed by atoms with van der Waals surface area (Å²) in [6.45, 7) is 3.15. The van der Waals surface area contributed by atoms with Crippen molar-refractivity contribution in [2.45, 2.75) is 38.1 Å². The lowest BCUT2D eigenvalue weighted by molar-refractivity contribution is 0.171. The lowest BCUT2D eigenvalue weighted by Gasteiger charge is -2.17. The Morgan fingerprint density at radius 3 is 2.62 bits per heavy atom. The summed E-state index contributed by atoms with van der Waals surface area (Å²) in [6, 6.07) is 7.45. The zero-order valence-electron chi connectivity index (χ0n) is 13.1. The number of benzene rings is 1. The van der Waals surface area contributed by atoms with E-state index in [0.29, 0.717) is 6.61 Å². The van der Waals surface area contributed by atoms with E-state index in [-0.39, 0.29) is 11.8 Å². The molecule has 0 aliphatic heterocycles. The number of methoxy groups -OCH3 is 1. The third-order valence-corrected chi connectivity index (χ3v) is 4.49. The lowest BCUT2D eigenvalue weighted by atomic mass is 10.1. The van der Waals surface area contributed by atoms with Crippen LogP contribution < -0.4 is 10.0 Å². The molecule has 0 saturated heterocycles. The Morgan fingerprint density at radius 1 is 1.29 bits per heavy atom. The maximum absolute atomic E-state index is 12.2. The number of nitrogens with one attached hydrogen (secondary N) is 2. The molecule has 2 N–H and O–H groups in total. The molecule has 1 rings (SSSR count). The van der Waals surface area contributed by atoms with Crippen LogP contribution in [0.15, 0.2) is 24.3 Å². The van der Waals surface area contributed by atoms with E-state index in [2.05, 4.69) is 10.0 Å². The maximum atomic E-state index is 12.2. The van der Waals surface area contributed by atoms with Crippen molar-refractivity contribution in [3.05, 3.63) is 35.4 Å². The topological polar surface area (TPSA) is 67.4 Å². The Morgan fingerprint density at radius 2 is 2.00 bits per heavy atom. The van der Waals surface area contributed by atoms with E-state index in [1.165, 1.54) is 0 Å². The Kier molecular flexibility index (Phi) is 7.88. The SMILES string of the molecule is CCCC(COC)NS(=O)(=O)Cc1cccc(CNC)c1. The van der Waals surface area contributed by atoms with E-state index < -0.39 is 10.0 Å². The Labute approximate surface area is 128 Å². The number of rotatable bonds is 10. The Bertz CT molecular complexity index is 511. The third-order valence-electron chi connectivity index (χ3n) is 3.08. The van der Waals surface area contributed by atoms with E-state index in [1.54, 1.807) is 7.11 Å². The predicted octanol–water partition coefficient (Wildman–Crippen LogP) is 1.64. The summed E-state index contributed by atoms with van der Waals surface area (Å²) in [5, 5.41) is 3.06. The standard InChI is InChI=1S/C15H26N2O3S/c1-4-6-15(11-20-3)17-21(18,19)12-14-8-5-7-13(9-14)10-16-2/h5,7-9,15-17H,4,6,10-12H2,1-3H3. The smallest absolute Gasteiger partial charge is 0.216 e.